The van der Waals surface area contributed by atoms with Gasteiger partial charge >= 0.3 is 0 Å². The predicted molar refractivity (Wildman–Crippen MR) is 81.3 cm³/mol. The molecule has 1 N–H and O–H groups in total. The Bertz CT molecular complexity index is 656. The zero-order valence-corrected chi connectivity index (χ0v) is 12.1. The molecule has 0 fully saturated rings. The lowest BCUT2D eigenvalue weighted by atomic mass is 10.1. The molecular weight excluding hydrogens is 276 g/mol. The highest BCUT2D eigenvalue weighted by atomic mass is 35.5. The van der Waals surface area contributed by atoms with Crippen LogP contribution in [0.4, 0.5) is 11.4 Å². The molecule has 0 atom stereocenters. The van der Waals surface area contributed by atoms with Crippen molar-refractivity contribution in [2.45, 2.75) is 20.4 Å². The first-order valence-corrected chi connectivity index (χ1v) is 6.59. The molecule has 0 aromatic heterocycles. The molecule has 0 spiro atoms. The minimum atomic E-state index is -0.372. The lowest BCUT2D eigenvalue weighted by molar-refractivity contribution is -0.385. The normalized spacial score (nSPS) is 10.3. The Morgan fingerprint density at radius 1 is 1.25 bits per heavy atom. The van der Waals surface area contributed by atoms with Gasteiger partial charge in [-0.15, -0.1) is 0 Å². The van der Waals surface area contributed by atoms with Gasteiger partial charge in [-0.1, -0.05) is 29.8 Å². The topological polar surface area (TPSA) is 55.2 Å². The van der Waals surface area contributed by atoms with Gasteiger partial charge in [-0.05, 0) is 37.1 Å². The Morgan fingerprint density at radius 3 is 2.65 bits per heavy atom. The largest absolute Gasteiger partial charge is 0.381 e. The highest BCUT2D eigenvalue weighted by molar-refractivity contribution is 6.31. The fourth-order valence-corrected chi connectivity index (χ4v) is 2.16. The van der Waals surface area contributed by atoms with Gasteiger partial charge in [0.1, 0.15) is 0 Å². The first kappa shape index (κ1) is 14.3. The zero-order valence-electron chi connectivity index (χ0n) is 11.3. The van der Waals surface area contributed by atoms with Gasteiger partial charge in [0.05, 0.1) is 4.92 Å². The third kappa shape index (κ3) is 3.08. The average molecular weight is 291 g/mol. The third-order valence-electron chi connectivity index (χ3n) is 3.22. The van der Waals surface area contributed by atoms with Crippen LogP contribution in [0.1, 0.15) is 16.7 Å². The molecule has 0 aliphatic rings. The van der Waals surface area contributed by atoms with Crippen molar-refractivity contribution >= 4 is 23.0 Å². The Kier molecular flexibility index (Phi) is 4.25. The lowest BCUT2D eigenvalue weighted by Gasteiger charge is -2.10. The number of nitro groups is 1. The van der Waals surface area contributed by atoms with E-state index in [9.17, 15) is 10.1 Å². The van der Waals surface area contributed by atoms with E-state index in [1.807, 2.05) is 31.2 Å². The van der Waals surface area contributed by atoms with Crippen molar-refractivity contribution in [3.05, 3.63) is 68.2 Å². The van der Waals surface area contributed by atoms with Crippen LogP contribution < -0.4 is 5.32 Å². The minimum Gasteiger partial charge on any atom is -0.381 e. The molecule has 2 aromatic rings. The SMILES string of the molecule is Cc1ccc(CNc2cccc([N+](=O)[O-])c2C)cc1Cl. The molecule has 5 heteroatoms. The summed E-state index contributed by atoms with van der Waals surface area (Å²) in [4.78, 5) is 10.5. The number of hydrogen-bond acceptors (Lipinski definition) is 3. The molecule has 4 nitrogen and oxygen atoms in total. The standard InChI is InChI=1S/C15H15ClN2O2/c1-10-6-7-12(8-13(10)16)9-17-14-4-3-5-15(11(14)2)18(19)20/h3-8,17H,9H2,1-2H3. The summed E-state index contributed by atoms with van der Waals surface area (Å²) in [5.41, 5.74) is 3.58. The number of hydrogen-bond donors (Lipinski definition) is 1. The number of anilines is 1. The van der Waals surface area contributed by atoms with Gasteiger partial charge in [0.2, 0.25) is 0 Å². The average Bonchev–Trinajstić information content (AvgIpc) is 2.41. The summed E-state index contributed by atoms with van der Waals surface area (Å²) in [5, 5.41) is 14.8. The number of nitrogens with zero attached hydrogens (tertiary/aromatic N) is 1. The summed E-state index contributed by atoms with van der Waals surface area (Å²) in [7, 11) is 0. The van der Waals surface area contributed by atoms with Gasteiger partial charge in [-0.25, -0.2) is 0 Å². The van der Waals surface area contributed by atoms with Crippen molar-refractivity contribution in [3.63, 3.8) is 0 Å². The fraction of sp³-hybridized carbons (Fsp3) is 0.200. The van der Waals surface area contributed by atoms with Crippen molar-refractivity contribution in [3.8, 4) is 0 Å². The van der Waals surface area contributed by atoms with Gasteiger partial charge in [-0.3, -0.25) is 10.1 Å². The highest BCUT2D eigenvalue weighted by Gasteiger charge is 2.12. The predicted octanol–water partition coefficient (Wildman–Crippen LogP) is 4.48. The second-order valence-electron chi connectivity index (χ2n) is 4.64. The van der Waals surface area contributed by atoms with E-state index in [4.69, 9.17) is 11.6 Å². The lowest BCUT2D eigenvalue weighted by Crippen LogP contribution is -2.03. The molecule has 0 radical (unpaired) electrons. The van der Waals surface area contributed by atoms with Crippen LogP contribution in [0.2, 0.25) is 5.02 Å². The number of nitrogens with one attached hydrogen (secondary N) is 1. The summed E-state index contributed by atoms with van der Waals surface area (Å²) < 4.78 is 0. The minimum absolute atomic E-state index is 0.122. The van der Waals surface area contributed by atoms with Crippen LogP contribution in [-0.4, -0.2) is 4.92 Å². The smallest absolute Gasteiger partial charge is 0.274 e. The summed E-state index contributed by atoms with van der Waals surface area (Å²) in [5.74, 6) is 0. The van der Waals surface area contributed by atoms with Crippen molar-refractivity contribution in [1.29, 1.82) is 0 Å². The van der Waals surface area contributed by atoms with Gasteiger partial charge < -0.3 is 5.32 Å². The Balaban J connectivity index is 2.17. The van der Waals surface area contributed by atoms with E-state index in [1.165, 1.54) is 6.07 Å². The van der Waals surface area contributed by atoms with Crippen LogP contribution in [0.5, 0.6) is 0 Å². The summed E-state index contributed by atoms with van der Waals surface area (Å²) in [6.07, 6.45) is 0. The van der Waals surface area contributed by atoms with Crippen molar-refractivity contribution < 1.29 is 4.92 Å². The fourth-order valence-electron chi connectivity index (χ4n) is 1.96. The van der Waals surface area contributed by atoms with E-state index in [-0.39, 0.29) is 10.6 Å². The molecule has 104 valence electrons. The van der Waals surface area contributed by atoms with Gasteiger partial charge in [0.25, 0.3) is 5.69 Å². The van der Waals surface area contributed by atoms with Gasteiger partial charge in [-0.2, -0.15) is 0 Å². The number of rotatable bonds is 4. The van der Waals surface area contributed by atoms with E-state index in [1.54, 1.807) is 13.0 Å². The first-order valence-electron chi connectivity index (χ1n) is 6.22. The molecule has 0 aliphatic heterocycles. The van der Waals surface area contributed by atoms with Gasteiger partial charge in [0, 0.05) is 28.9 Å². The van der Waals surface area contributed by atoms with Crippen LogP contribution in [0.25, 0.3) is 0 Å². The van der Waals surface area contributed by atoms with Crippen LogP contribution in [-0.2, 0) is 6.54 Å². The monoisotopic (exact) mass is 290 g/mol. The highest BCUT2D eigenvalue weighted by Crippen LogP contribution is 2.25. The van der Waals surface area contributed by atoms with Crippen molar-refractivity contribution in [2.24, 2.45) is 0 Å². The Labute approximate surface area is 122 Å². The molecular formula is C15H15ClN2O2. The van der Waals surface area contributed by atoms with E-state index in [2.05, 4.69) is 5.32 Å². The number of aryl methyl sites for hydroxylation is 1. The molecule has 0 bridgehead atoms. The van der Waals surface area contributed by atoms with Gasteiger partial charge in [0.15, 0.2) is 0 Å². The summed E-state index contributed by atoms with van der Waals surface area (Å²) in [6.45, 7) is 4.26. The molecule has 2 aromatic carbocycles. The first-order chi connectivity index (χ1) is 9.49. The van der Waals surface area contributed by atoms with Crippen LogP contribution >= 0.6 is 11.6 Å². The molecule has 0 unspecified atom stereocenters. The second kappa shape index (κ2) is 5.92. The molecule has 20 heavy (non-hydrogen) atoms. The van der Waals surface area contributed by atoms with Crippen LogP contribution in [0, 0.1) is 24.0 Å². The Hall–Kier alpha value is -2.07. The van der Waals surface area contributed by atoms with Crippen LogP contribution in [0.15, 0.2) is 36.4 Å². The summed E-state index contributed by atoms with van der Waals surface area (Å²) >= 11 is 6.08. The molecule has 0 aliphatic carbocycles. The number of halogens is 1. The molecule has 0 saturated carbocycles. The molecule has 0 heterocycles. The second-order valence-corrected chi connectivity index (χ2v) is 5.05. The van der Waals surface area contributed by atoms with Crippen molar-refractivity contribution in [1.82, 2.24) is 0 Å². The Morgan fingerprint density at radius 2 is 2.00 bits per heavy atom. The van der Waals surface area contributed by atoms with E-state index in [0.29, 0.717) is 12.1 Å². The quantitative estimate of drug-likeness (QED) is 0.667. The number of benzene rings is 2. The maximum absolute atomic E-state index is 10.9. The van der Waals surface area contributed by atoms with E-state index in [0.717, 1.165) is 21.8 Å². The van der Waals surface area contributed by atoms with Crippen molar-refractivity contribution in [2.75, 3.05) is 5.32 Å². The van der Waals surface area contributed by atoms with E-state index >= 15 is 0 Å². The van der Waals surface area contributed by atoms with Crippen LogP contribution in [0.3, 0.4) is 0 Å². The molecule has 2 rings (SSSR count). The molecule has 0 saturated heterocycles. The third-order valence-corrected chi connectivity index (χ3v) is 3.63. The molecule has 0 amide bonds. The maximum Gasteiger partial charge on any atom is 0.274 e. The zero-order chi connectivity index (χ0) is 14.7. The summed E-state index contributed by atoms with van der Waals surface area (Å²) in [6, 6.07) is 10.9. The van der Waals surface area contributed by atoms with E-state index < -0.39 is 0 Å². The maximum atomic E-state index is 10.9. The number of nitro benzene ring substituents is 1.